The Balaban J connectivity index is 2.77. The minimum Gasteiger partial charge on any atom is -0.374 e. The number of nitrogens with zero attached hydrogens (tertiary/aromatic N) is 2. The summed E-state index contributed by atoms with van der Waals surface area (Å²) in [6.07, 6.45) is 2.74. The first-order chi connectivity index (χ1) is 10.1. The highest BCUT2D eigenvalue weighted by molar-refractivity contribution is 7.84. The lowest BCUT2D eigenvalue weighted by molar-refractivity contribution is 0.128. The molecule has 6 nitrogen and oxygen atoms in total. The van der Waals surface area contributed by atoms with E-state index in [0.717, 1.165) is 24.6 Å². The van der Waals surface area contributed by atoms with E-state index in [4.69, 9.17) is 4.74 Å². The van der Waals surface area contributed by atoms with E-state index in [9.17, 15) is 4.21 Å². The first-order valence-corrected chi connectivity index (χ1v) is 8.94. The van der Waals surface area contributed by atoms with Gasteiger partial charge in [-0.05, 0) is 20.3 Å². The van der Waals surface area contributed by atoms with Crippen LogP contribution in [0.3, 0.4) is 0 Å². The van der Waals surface area contributed by atoms with Gasteiger partial charge in [-0.2, -0.15) is 0 Å². The van der Waals surface area contributed by atoms with Crippen molar-refractivity contribution in [3.8, 4) is 0 Å². The van der Waals surface area contributed by atoms with E-state index in [-0.39, 0.29) is 5.25 Å². The molecule has 1 aromatic heterocycles. The van der Waals surface area contributed by atoms with Crippen LogP contribution in [-0.2, 0) is 22.1 Å². The molecule has 0 aliphatic rings. The molecule has 2 atom stereocenters. The van der Waals surface area contributed by atoms with Crippen LogP contribution < -0.4 is 10.6 Å². The van der Waals surface area contributed by atoms with Crippen LogP contribution in [0.15, 0.2) is 6.07 Å². The number of ether oxygens (including phenoxy) is 1. The summed E-state index contributed by atoms with van der Waals surface area (Å²) in [6, 6.07) is 1.87. The summed E-state index contributed by atoms with van der Waals surface area (Å²) in [4.78, 5) is 8.85. The predicted molar refractivity (Wildman–Crippen MR) is 88.2 cm³/mol. The maximum Gasteiger partial charge on any atom is 0.158 e. The molecule has 0 spiro atoms. The maximum absolute atomic E-state index is 11.4. The van der Waals surface area contributed by atoms with Crippen LogP contribution in [0.2, 0.25) is 0 Å². The molecule has 0 saturated carbocycles. The summed E-state index contributed by atoms with van der Waals surface area (Å²) in [5.41, 5.74) is 0. The van der Waals surface area contributed by atoms with Crippen molar-refractivity contribution in [2.45, 2.75) is 39.0 Å². The van der Waals surface area contributed by atoms with Gasteiger partial charge in [-0.15, -0.1) is 0 Å². The molecule has 2 unspecified atom stereocenters. The van der Waals surface area contributed by atoms with E-state index in [1.807, 2.05) is 19.9 Å². The van der Waals surface area contributed by atoms with Crippen molar-refractivity contribution in [3.05, 3.63) is 11.9 Å². The highest BCUT2D eigenvalue weighted by Gasteiger charge is 2.08. The van der Waals surface area contributed by atoms with Crippen molar-refractivity contribution in [1.82, 2.24) is 9.97 Å². The number of nitrogens with one attached hydrogen (secondary N) is 2. The van der Waals surface area contributed by atoms with Gasteiger partial charge in [0.1, 0.15) is 18.2 Å². The summed E-state index contributed by atoms with van der Waals surface area (Å²) in [6.45, 7) is 8.49. The molecular weight excluding hydrogens is 288 g/mol. The monoisotopic (exact) mass is 314 g/mol. The Bertz CT molecular complexity index is 430. The Morgan fingerprint density at radius 1 is 1.29 bits per heavy atom. The number of hydrogen-bond donors (Lipinski definition) is 2. The molecule has 2 N–H and O–H groups in total. The first kappa shape index (κ1) is 17.8. The first-order valence-electron chi connectivity index (χ1n) is 7.32. The molecule has 0 fully saturated rings. The Kier molecular flexibility index (Phi) is 8.22. The molecule has 0 aromatic carbocycles. The zero-order chi connectivity index (χ0) is 15.7. The lowest BCUT2D eigenvalue weighted by Gasteiger charge is -2.13. The highest BCUT2D eigenvalue weighted by Crippen LogP contribution is 2.12. The molecule has 120 valence electrons. The third-order valence-electron chi connectivity index (χ3n) is 2.90. The van der Waals surface area contributed by atoms with Gasteiger partial charge in [0.25, 0.3) is 0 Å². The second-order valence-corrected chi connectivity index (χ2v) is 6.61. The van der Waals surface area contributed by atoms with E-state index in [0.29, 0.717) is 25.6 Å². The van der Waals surface area contributed by atoms with E-state index >= 15 is 0 Å². The van der Waals surface area contributed by atoms with Gasteiger partial charge in [-0.1, -0.05) is 6.92 Å². The lowest BCUT2D eigenvalue weighted by atomic mass is 10.4. The van der Waals surface area contributed by atoms with E-state index in [1.54, 1.807) is 6.26 Å². The highest BCUT2D eigenvalue weighted by atomic mass is 32.2. The number of rotatable bonds is 10. The third kappa shape index (κ3) is 6.86. The quantitative estimate of drug-likeness (QED) is 0.688. The fourth-order valence-corrected chi connectivity index (χ4v) is 1.87. The second-order valence-electron chi connectivity index (χ2n) is 4.81. The summed E-state index contributed by atoms with van der Waals surface area (Å²) < 4.78 is 16.8. The molecule has 21 heavy (non-hydrogen) atoms. The van der Waals surface area contributed by atoms with E-state index in [1.165, 1.54) is 0 Å². The number of anilines is 2. The Morgan fingerprint density at radius 2 is 1.95 bits per heavy atom. The van der Waals surface area contributed by atoms with Crippen LogP contribution in [0.4, 0.5) is 11.6 Å². The molecule has 1 heterocycles. The Morgan fingerprint density at radius 3 is 2.52 bits per heavy atom. The SMILES string of the molecule is CCCNc1cc(NCC(C)S(C)=O)nc(COCC)n1. The van der Waals surface area contributed by atoms with Crippen molar-refractivity contribution < 1.29 is 8.95 Å². The second kappa shape index (κ2) is 9.68. The summed E-state index contributed by atoms with van der Waals surface area (Å²) >= 11 is 0. The normalized spacial score (nSPS) is 13.7. The van der Waals surface area contributed by atoms with Crippen LogP contribution in [-0.4, -0.2) is 45.4 Å². The van der Waals surface area contributed by atoms with Gasteiger partial charge >= 0.3 is 0 Å². The van der Waals surface area contributed by atoms with E-state index in [2.05, 4.69) is 27.5 Å². The summed E-state index contributed by atoms with van der Waals surface area (Å²) in [7, 11) is -0.851. The van der Waals surface area contributed by atoms with Crippen LogP contribution in [0, 0.1) is 0 Å². The average Bonchev–Trinajstić information content (AvgIpc) is 2.48. The van der Waals surface area contributed by atoms with Gasteiger partial charge in [0.2, 0.25) is 0 Å². The Labute approximate surface area is 129 Å². The average molecular weight is 314 g/mol. The van der Waals surface area contributed by atoms with Gasteiger partial charge in [0, 0.05) is 48.1 Å². The van der Waals surface area contributed by atoms with Gasteiger partial charge < -0.3 is 15.4 Å². The smallest absolute Gasteiger partial charge is 0.158 e. The standard InChI is InChI=1S/C14H26N4O2S/c1-5-7-15-12-8-13(16-9-11(3)21(4)19)18-14(17-12)10-20-6-2/h8,11H,5-7,9-10H2,1-4H3,(H2,15,16,17,18). The maximum atomic E-state index is 11.4. The zero-order valence-corrected chi connectivity index (χ0v) is 14.1. The van der Waals surface area contributed by atoms with Crippen molar-refractivity contribution in [1.29, 1.82) is 0 Å². The molecule has 0 bridgehead atoms. The van der Waals surface area contributed by atoms with Crippen molar-refractivity contribution in [3.63, 3.8) is 0 Å². The number of hydrogen-bond acceptors (Lipinski definition) is 6. The number of aromatic nitrogens is 2. The fourth-order valence-electron chi connectivity index (χ4n) is 1.55. The van der Waals surface area contributed by atoms with Gasteiger partial charge in [-0.25, -0.2) is 9.97 Å². The zero-order valence-electron chi connectivity index (χ0n) is 13.3. The van der Waals surface area contributed by atoms with Crippen LogP contribution in [0.1, 0.15) is 33.0 Å². The molecule has 1 rings (SSSR count). The molecule has 1 aromatic rings. The molecule has 0 amide bonds. The molecule has 0 radical (unpaired) electrons. The topological polar surface area (TPSA) is 76.1 Å². The minimum absolute atomic E-state index is 0.0716. The Hall–Kier alpha value is -1.21. The van der Waals surface area contributed by atoms with E-state index < -0.39 is 10.8 Å². The summed E-state index contributed by atoms with van der Waals surface area (Å²) in [5.74, 6) is 2.16. The van der Waals surface area contributed by atoms with Gasteiger partial charge in [-0.3, -0.25) is 4.21 Å². The van der Waals surface area contributed by atoms with Crippen LogP contribution in [0.5, 0.6) is 0 Å². The summed E-state index contributed by atoms with van der Waals surface area (Å²) in [5, 5.41) is 6.55. The molecular formula is C14H26N4O2S. The predicted octanol–water partition coefficient (Wildman–Crippen LogP) is 2.01. The van der Waals surface area contributed by atoms with Crippen molar-refractivity contribution in [2.75, 3.05) is 36.6 Å². The van der Waals surface area contributed by atoms with Crippen molar-refractivity contribution >= 4 is 22.4 Å². The van der Waals surface area contributed by atoms with Crippen molar-refractivity contribution in [2.24, 2.45) is 0 Å². The minimum atomic E-state index is -0.851. The largest absolute Gasteiger partial charge is 0.374 e. The third-order valence-corrected chi connectivity index (χ3v) is 4.20. The molecule has 7 heteroatoms. The fraction of sp³-hybridized carbons (Fsp3) is 0.714. The van der Waals surface area contributed by atoms with Crippen LogP contribution in [0.25, 0.3) is 0 Å². The lowest BCUT2D eigenvalue weighted by Crippen LogP contribution is -2.21. The van der Waals surface area contributed by atoms with Gasteiger partial charge in [0.15, 0.2) is 5.82 Å². The molecule has 0 saturated heterocycles. The van der Waals surface area contributed by atoms with Gasteiger partial charge in [0.05, 0.1) is 0 Å². The molecule has 0 aliphatic carbocycles. The molecule has 0 aliphatic heterocycles. The van der Waals surface area contributed by atoms with Crippen LogP contribution >= 0.6 is 0 Å².